The van der Waals surface area contributed by atoms with Gasteiger partial charge in [0.25, 0.3) is 0 Å². The lowest BCUT2D eigenvalue weighted by Gasteiger charge is -2.27. The van der Waals surface area contributed by atoms with Crippen LogP contribution in [0.3, 0.4) is 0 Å². The van der Waals surface area contributed by atoms with Crippen LogP contribution in [0.1, 0.15) is 64.3 Å². The lowest BCUT2D eigenvalue weighted by atomic mass is 9.86. The zero-order chi connectivity index (χ0) is 13.6. The van der Waals surface area contributed by atoms with E-state index in [2.05, 4.69) is 61.1 Å². The summed E-state index contributed by atoms with van der Waals surface area (Å²) in [5.74, 6) is 0. The van der Waals surface area contributed by atoms with Gasteiger partial charge in [0.2, 0.25) is 0 Å². The van der Waals surface area contributed by atoms with Crippen molar-refractivity contribution in [1.29, 1.82) is 0 Å². The van der Waals surface area contributed by atoms with Gasteiger partial charge in [-0.3, -0.25) is 0 Å². The minimum atomic E-state index is 0.401. The summed E-state index contributed by atoms with van der Waals surface area (Å²) >= 11 is 5.35. The van der Waals surface area contributed by atoms with Gasteiger partial charge >= 0.3 is 0 Å². The lowest BCUT2D eigenvalue weighted by molar-refractivity contribution is 0.291. The van der Waals surface area contributed by atoms with Crippen molar-refractivity contribution >= 4 is 27.3 Å². The topological polar surface area (TPSA) is 12.0 Å². The lowest BCUT2D eigenvalue weighted by Crippen LogP contribution is -2.31. The highest BCUT2D eigenvalue weighted by atomic mass is 79.9. The van der Waals surface area contributed by atoms with Gasteiger partial charge in [-0.15, -0.1) is 11.3 Å². The molecule has 1 aromatic heterocycles. The van der Waals surface area contributed by atoms with Crippen LogP contribution in [0.2, 0.25) is 0 Å². The molecule has 1 atom stereocenters. The summed E-state index contributed by atoms with van der Waals surface area (Å²) in [4.78, 5) is 1.41. The van der Waals surface area contributed by atoms with Crippen LogP contribution in [0.4, 0.5) is 0 Å². The van der Waals surface area contributed by atoms with Crippen molar-refractivity contribution in [3.63, 3.8) is 0 Å². The second-order valence-electron chi connectivity index (χ2n) is 5.87. The Morgan fingerprint density at radius 1 is 1.33 bits per heavy atom. The molecule has 104 valence electrons. The molecule has 0 aliphatic heterocycles. The molecule has 0 spiro atoms. The Kier molecular flexibility index (Phi) is 6.89. The van der Waals surface area contributed by atoms with Gasteiger partial charge in [0.05, 0.1) is 3.79 Å². The minimum absolute atomic E-state index is 0.401. The van der Waals surface area contributed by atoms with Crippen molar-refractivity contribution < 1.29 is 0 Å². The van der Waals surface area contributed by atoms with E-state index in [1.165, 1.54) is 34.3 Å². The molecule has 1 aromatic rings. The number of hydrogen-bond acceptors (Lipinski definition) is 2. The molecule has 0 aliphatic rings. The zero-order valence-corrected chi connectivity index (χ0v) is 14.5. The number of nitrogens with one attached hydrogen (secondary N) is 1. The number of halogens is 1. The summed E-state index contributed by atoms with van der Waals surface area (Å²) in [7, 11) is 0. The van der Waals surface area contributed by atoms with Gasteiger partial charge in [0, 0.05) is 17.5 Å². The fourth-order valence-corrected chi connectivity index (χ4v) is 3.48. The molecule has 0 aromatic carbocycles. The van der Waals surface area contributed by atoms with E-state index in [0.717, 1.165) is 6.54 Å². The van der Waals surface area contributed by atoms with Gasteiger partial charge in [-0.05, 0) is 46.8 Å². The Morgan fingerprint density at radius 3 is 2.61 bits per heavy atom. The second-order valence-corrected chi connectivity index (χ2v) is 8.36. The molecule has 0 fully saturated rings. The molecule has 0 amide bonds. The molecule has 1 N–H and O–H groups in total. The van der Waals surface area contributed by atoms with Gasteiger partial charge in [0.15, 0.2) is 0 Å². The third kappa shape index (κ3) is 5.85. The first-order chi connectivity index (χ1) is 8.44. The van der Waals surface area contributed by atoms with Crippen molar-refractivity contribution in [3.05, 3.63) is 20.8 Å². The van der Waals surface area contributed by atoms with Crippen LogP contribution < -0.4 is 5.32 Å². The van der Waals surface area contributed by atoms with E-state index >= 15 is 0 Å². The molecule has 0 aliphatic carbocycles. The first-order valence-electron chi connectivity index (χ1n) is 6.93. The number of thiophene rings is 1. The van der Waals surface area contributed by atoms with Crippen LogP contribution in [0.5, 0.6) is 0 Å². The van der Waals surface area contributed by atoms with E-state index < -0.39 is 0 Å². The van der Waals surface area contributed by atoms with Crippen LogP contribution in [0.15, 0.2) is 15.9 Å². The number of hydrogen-bond donors (Lipinski definition) is 1. The maximum Gasteiger partial charge on any atom is 0.0701 e. The quantitative estimate of drug-likeness (QED) is 0.596. The highest BCUT2D eigenvalue weighted by molar-refractivity contribution is 9.11. The molecular formula is C15H26BrNS. The van der Waals surface area contributed by atoms with Crippen molar-refractivity contribution in [2.75, 3.05) is 6.54 Å². The molecule has 1 heterocycles. The summed E-state index contributed by atoms with van der Waals surface area (Å²) in [6, 6.07) is 4.79. The Balaban J connectivity index is 2.34. The Labute approximate surface area is 125 Å². The molecule has 1 rings (SSSR count). The first kappa shape index (κ1) is 16.2. The fraction of sp³-hybridized carbons (Fsp3) is 0.733. The average molecular weight is 332 g/mol. The van der Waals surface area contributed by atoms with Crippen LogP contribution in [-0.4, -0.2) is 6.54 Å². The largest absolute Gasteiger partial charge is 0.309 e. The summed E-state index contributed by atoms with van der Waals surface area (Å²) in [5, 5.41) is 3.67. The van der Waals surface area contributed by atoms with E-state index in [0.29, 0.717) is 11.5 Å². The SMILES string of the molecule is CCCCCC(C)(C)CNC(C)c1ccc(Br)s1. The van der Waals surface area contributed by atoms with E-state index in [4.69, 9.17) is 0 Å². The maximum absolute atomic E-state index is 3.67. The van der Waals surface area contributed by atoms with Gasteiger partial charge in [-0.2, -0.15) is 0 Å². The van der Waals surface area contributed by atoms with Crippen molar-refractivity contribution in [3.8, 4) is 0 Å². The van der Waals surface area contributed by atoms with Crippen molar-refractivity contribution in [1.82, 2.24) is 5.32 Å². The molecule has 0 saturated heterocycles. The molecule has 1 unspecified atom stereocenters. The summed E-state index contributed by atoms with van der Waals surface area (Å²) in [6.45, 7) is 10.3. The summed E-state index contributed by atoms with van der Waals surface area (Å²) in [5.41, 5.74) is 0.401. The average Bonchev–Trinajstić information content (AvgIpc) is 2.73. The minimum Gasteiger partial charge on any atom is -0.309 e. The third-order valence-electron chi connectivity index (χ3n) is 3.36. The predicted octanol–water partition coefficient (Wildman–Crippen LogP) is 5.77. The normalized spacial score (nSPS) is 13.8. The molecular weight excluding hydrogens is 306 g/mol. The monoisotopic (exact) mass is 331 g/mol. The van der Waals surface area contributed by atoms with Gasteiger partial charge in [0.1, 0.15) is 0 Å². The summed E-state index contributed by atoms with van der Waals surface area (Å²) < 4.78 is 1.22. The molecule has 18 heavy (non-hydrogen) atoms. The van der Waals surface area contributed by atoms with E-state index in [1.807, 2.05) is 11.3 Å². The van der Waals surface area contributed by atoms with Gasteiger partial charge in [-0.1, -0.05) is 40.0 Å². The van der Waals surface area contributed by atoms with Crippen LogP contribution in [0, 0.1) is 5.41 Å². The second kappa shape index (κ2) is 7.66. The molecule has 1 nitrogen and oxygen atoms in total. The number of rotatable bonds is 8. The van der Waals surface area contributed by atoms with Crippen molar-refractivity contribution in [2.45, 2.75) is 59.4 Å². The Morgan fingerprint density at radius 2 is 2.06 bits per heavy atom. The standard InChI is InChI=1S/C15H26BrNS/c1-5-6-7-10-15(3,4)11-17-12(2)13-8-9-14(16)18-13/h8-9,12,17H,5-7,10-11H2,1-4H3. The molecule has 0 radical (unpaired) electrons. The van der Waals surface area contributed by atoms with E-state index in [9.17, 15) is 0 Å². The molecule has 3 heteroatoms. The highest BCUT2D eigenvalue weighted by Crippen LogP contribution is 2.28. The molecule has 0 saturated carbocycles. The van der Waals surface area contributed by atoms with E-state index in [1.54, 1.807) is 0 Å². The predicted molar refractivity (Wildman–Crippen MR) is 86.4 cm³/mol. The molecule has 0 bridgehead atoms. The summed E-state index contributed by atoms with van der Waals surface area (Å²) in [6.07, 6.45) is 5.33. The van der Waals surface area contributed by atoms with E-state index in [-0.39, 0.29) is 0 Å². The van der Waals surface area contributed by atoms with Gasteiger partial charge in [-0.25, -0.2) is 0 Å². The Hall–Kier alpha value is 0.140. The van der Waals surface area contributed by atoms with Crippen LogP contribution >= 0.6 is 27.3 Å². The number of unbranched alkanes of at least 4 members (excludes halogenated alkanes) is 2. The highest BCUT2D eigenvalue weighted by Gasteiger charge is 2.18. The van der Waals surface area contributed by atoms with Crippen molar-refractivity contribution in [2.24, 2.45) is 5.41 Å². The van der Waals surface area contributed by atoms with Crippen LogP contribution in [0.25, 0.3) is 0 Å². The first-order valence-corrected chi connectivity index (χ1v) is 8.54. The zero-order valence-electron chi connectivity index (χ0n) is 12.1. The van der Waals surface area contributed by atoms with Gasteiger partial charge < -0.3 is 5.32 Å². The van der Waals surface area contributed by atoms with Crippen LogP contribution in [-0.2, 0) is 0 Å². The smallest absolute Gasteiger partial charge is 0.0701 e. The maximum atomic E-state index is 3.67. The Bertz CT molecular complexity index is 346. The third-order valence-corrected chi connectivity index (χ3v) is 5.17. The fourth-order valence-electron chi connectivity index (χ4n) is 2.03.